The standard InChI is InChI=1S/C15H20F3N5O2/c1-25-10-4-8-21-14(24)20-7-3-9-23-12-11(5-2-6-19-12)22-13(23)15(16,17)18/h2,5-6H,3-4,7-10H2,1H3,(H2,20,21,24). The number of fused-ring (bicyclic) bond motifs is 1. The highest BCUT2D eigenvalue weighted by molar-refractivity contribution is 5.73. The van der Waals surface area contributed by atoms with Crippen LogP contribution in [0.2, 0.25) is 0 Å². The molecule has 0 saturated heterocycles. The van der Waals surface area contributed by atoms with E-state index in [4.69, 9.17) is 4.74 Å². The maximum Gasteiger partial charge on any atom is 0.449 e. The van der Waals surface area contributed by atoms with Crippen LogP contribution in [0.25, 0.3) is 11.2 Å². The molecule has 2 aromatic rings. The molecule has 0 spiro atoms. The van der Waals surface area contributed by atoms with Gasteiger partial charge in [0, 0.05) is 39.5 Å². The minimum Gasteiger partial charge on any atom is -0.385 e. The summed E-state index contributed by atoms with van der Waals surface area (Å²) in [5.74, 6) is -0.981. The van der Waals surface area contributed by atoms with Gasteiger partial charge in [0.15, 0.2) is 5.65 Å². The highest BCUT2D eigenvalue weighted by atomic mass is 19.4. The molecular weight excluding hydrogens is 339 g/mol. The van der Waals surface area contributed by atoms with Gasteiger partial charge in [0.1, 0.15) is 5.52 Å². The second-order valence-electron chi connectivity index (χ2n) is 5.31. The zero-order valence-electron chi connectivity index (χ0n) is 13.8. The molecule has 0 aliphatic carbocycles. The molecule has 2 aromatic heterocycles. The highest BCUT2D eigenvalue weighted by Gasteiger charge is 2.37. The Bertz CT molecular complexity index is 702. The Hall–Kier alpha value is -2.36. The van der Waals surface area contributed by atoms with Crippen LogP contribution in [0.5, 0.6) is 0 Å². The summed E-state index contributed by atoms with van der Waals surface area (Å²) < 4.78 is 45.3. The van der Waals surface area contributed by atoms with Crippen molar-refractivity contribution in [1.82, 2.24) is 25.2 Å². The van der Waals surface area contributed by atoms with Crippen molar-refractivity contribution in [3.63, 3.8) is 0 Å². The summed E-state index contributed by atoms with van der Waals surface area (Å²) in [6, 6.07) is 2.66. The molecule has 2 heterocycles. The number of methoxy groups -OCH3 is 1. The second-order valence-corrected chi connectivity index (χ2v) is 5.31. The number of alkyl halides is 3. The molecule has 2 rings (SSSR count). The van der Waals surface area contributed by atoms with Crippen LogP contribution in [0.3, 0.4) is 0 Å². The molecule has 0 saturated carbocycles. The van der Waals surface area contributed by atoms with E-state index in [2.05, 4.69) is 20.6 Å². The molecule has 7 nitrogen and oxygen atoms in total. The van der Waals surface area contributed by atoms with Crippen LogP contribution in [0.15, 0.2) is 18.3 Å². The molecular formula is C15H20F3N5O2. The molecule has 25 heavy (non-hydrogen) atoms. The first-order chi connectivity index (χ1) is 11.9. The number of imidazole rings is 1. The number of nitrogens with zero attached hydrogens (tertiary/aromatic N) is 3. The summed E-state index contributed by atoms with van der Waals surface area (Å²) in [7, 11) is 1.57. The lowest BCUT2D eigenvalue weighted by atomic mass is 10.4. The second kappa shape index (κ2) is 8.65. The average Bonchev–Trinajstić information content (AvgIpc) is 2.95. The minimum atomic E-state index is -4.56. The fourth-order valence-electron chi connectivity index (χ4n) is 2.31. The number of amides is 2. The van der Waals surface area contributed by atoms with E-state index in [9.17, 15) is 18.0 Å². The zero-order chi connectivity index (χ0) is 18.3. The van der Waals surface area contributed by atoms with Gasteiger partial charge in [-0.2, -0.15) is 13.2 Å². The van der Waals surface area contributed by atoms with Crippen molar-refractivity contribution in [3.8, 4) is 0 Å². The van der Waals surface area contributed by atoms with Crippen LogP contribution in [-0.2, 0) is 17.5 Å². The number of urea groups is 1. The Labute approximate surface area is 142 Å². The molecule has 10 heteroatoms. The van der Waals surface area contributed by atoms with Crippen molar-refractivity contribution < 1.29 is 22.7 Å². The van der Waals surface area contributed by atoms with E-state index in [0.717, 1.165) is 4.57 Å². The number of pyridine rings is 1. The number of aromatic nitrogens is 3. The summed E-state index contributed by atoms with van der Waals surface area (Å²) in [6.45, 7) is 1.29. The summed E-state index contributed by atoms with van der Waals surface area (Å²) in [4.78, 5) is 19.1. The Morgan fingerprint density at radius 1 is 1.28 bits per heavy atom. The minimum absolute atomic E-state index is 0.0479. The van der Waals surface area contributed by atoms with Crippen molar-refractivity contribution in [2.24, 2.45) is 0 Å². The third kappa shape index (κ3) is 5.31. The van der Waals surface area contributed by atoms with Gasteiger partial charge in [-0.3, -0.25) is 0 Å². The van der Waals surface area contributed by atoms with Gasteiger partial charge in [-0.1, -0.05) is 0 Å². The van der Waals surface area contributed by atoms with E-state index >= 15 is 0 Å². The monoisotopic (exact) mass is 359 g/mol. The fraction of sp³-hybridized carbons (Fsp3) is 0.533. The first kappa shape index (κ1) is 19.0. The third-order valence-corrected chi connectivity index (χ3v) is 3.41. The number of ether oxygens (including phenoxy) is 1. The first-order valence-corrected chi connectivity index (χ1v) is 7.82. The van der Waals surface area contributed by atoms with E-state index in [1.54, 1.807) is 7.11 Å². The van der Waals surface area contributed by atoms with E-state index < -0.39 is 12.0 Å². The van der Waals surface area contributed by atoms with Crippen LogP contribution < -0.4 is 10.6 Å². The summed E-state index contributed by atoms with van der Waals surface area (Å²) in [6.07, 6.45) is -2.14. The van der Waals surface area contributed by atoms with Crippen molar-refractivity contribution in [2.45, 2.75) is 25.6 Å². The van der Waals surface area contributed by atoms with Gasteiger partial charge in [0.25, 0.3) is 0 Å². The highest BCUT2D eigenvalue weighted by Crippen LogP contribution is 2.30. The van der Waals surface area contributed by atoms with Gasteiger partial charge in [0.05, 0.1) is 0 Å². The number of rotatable bonds is 8. The normalized spacial score (nSPS) is 11.7. The quantitative estimate of drug-likeness (QED) is 0.708. The third-order valence-electron chi connectivity index (χ3n) is 3.41. The van der Waals surface area contributed by atoms with Crippen molar-refractivity contribution in [3.05, 3.63) is 24.2 Å². The smallest absolute Gasteiger partial charge is 0.385 e. The summed E-state index contributed by atoms with van der Waals surface area (Å²) >= 11 is 0. The Balaban J connectivity index is 1.89. The Morgan fingerprint density at radius 2 is 2.00 bits per heavy atom. The molecule has 0 radical (unpaired) electrons. The molecule has 0 aromatic carbocycles. The molecule has 0 bridgehead atoms. The van der Waals surface area contributed by atoms with Crippen LogP contribution in [0, 0.1) is 0 Å². The number of carbonyl (C=O) groups excluding carboxylic acids is 1. The predicted octanol–water partition coefficient (Wildman–Crippen LogP) is 2.18. The molecule has 0 fully saturated rings. The van der Waals surface area contributed by atoms with Gasteiger partial charge in [0.2, 0.25) is 5.82 Å². The van der Waals surface area contributed by atoms with Crippen molar-refractivity contribution in [1.29, 1.82) is 0 Å². The van der Waals surface area contributed by atoms with Crippen molar-refractivity contribution >= 4 is 17.2 Å². The fourth-order valence-corrected chi connectivity index (χ4v) is 2.31. The first-order valence-electron chi connectivity index (χ1n) is 7.82. The Kier molecular flexibility index (Phi) is 6.57. The number of hydrogen-bond donors (Lipinski definition) is 2. The number of nitrogens with one attached hydrogen (secondary N) is 2. The SMILES string of the molecule is COCCCNC(=O)NCCCn1c(C(F)(F)F)nc2cccnc21. The van der Waals surface area contributed by atoms with Crippen LogP contribution in [0.1, 0.15) is 18.7 Å². The number of aryl methyl sites for hydroxylation is 1. The molecule has 0 atom stereocenters. The number of hydrogen-bond acceptors (Lipinski definition) is 4. The van der Waals surface area contributed by atoms with Crippen LogP contribution in [-0.4, -0.2) is 47.4 Å². The molecule has 0 aliphatic rings. The lowest BCUT2D eigenvalue weighted by Crippen LogP contribution is -2.37. The van der Waals surface area contributed by atoms with E-state index in [-0.39, 0.29) is 30.3 Å². The lowest BCUT2D eigenvalue weighted by molar-refractivity contribution is -0.147. The molecule has 138 valence electrons. The molecule has 0 unspecified atom stereocenters. The zero-order valence-corrected chi connectivity index (χ0v) is 13.8. The average molecular weight is 359 g/mol. The molecule has 2 amide bonds. The molecule has 0 aliphatic heterocycles. The van der Waals surface area contributed by atoms with Crippen LogP contribution in [0.4, 0.5) is 18.0 Å². The van der Waals surface area contributed by atoms with Crippen LogP contribution >= 0.6 is 0 Å². The lowest BCUT2D eigenvalue weighted by Gasteiger charge is -2.11. The summed E-state index contributed by atoms with van der Waals surface area (Å²) in [5.41, 5.74) is 0.373. The maximum atomic E-state index is 13.1. The predicted molar refractivity (Wildman–Crippen MR) is 85.0 cm³/mol. The van der Waals surface area contributed by atoms with Gasteiger partial charge < -0.3 is 19.9 Å². The van der Waals surface area contributed by atoms with E-state index in [1.165, 1.54) is 18.3 Å². The van der Waals surface area contributed by atoms with Gasteiger partial charge in [-0.25, -0.2) is 14.8 Å². The largest absolute Gasteiger partial charge is 0.449 e. The Morgan fingerprint density at radius 3 is 2.68 bits per heavy atom. The maximum absolute atomic E-state index is 13.1. The topological polar surface area (TPSA) is 81.1 Å². The number of carbonyl (C=O) groups is 1. The summed E-state index contributed by atoms with van der Waals surface area (Å²) in [5, 5.41) is 5.24. The van der Waals surface area contributed by atoms with Crippen molar-refractivity contribution in [2.75, 3.05) is 26.8 Å². The molecule has 2 N–H and O–H groups in total. The van der Waals surface area contributed by atoms with Gasteiger partial charge in [-0.15, -0.1) is 0 Å². The number of halogens is 3. The van der Waals surface area contributed by atoms with E-state index in [0.29, 0.717) is 26.0 Å². The van der Waals surface area contributed by atoms with Gasteiger partial charge in [-0.05, 0) is 25.0 Å². The van der Waals surface area contributed by atoms with E-state index in [1.807, 2.05) is 0 Å². The van der Waals surface area contributed by atoms with Gasteiger partial charge >= 0.3 is 12.2 Å².